The Morgan fingerprint density at radius 3 is 1.57 bits per heavy atom. The molecule has 0 bridgehead atoms. The number of hydrogen-bond acceptors (Lipinski definition) is 2. The van der Waals surface area contributed by atoms with Crippen LogP contribution >= 0.6 is 0 Å². The van der Waals surface area contributed by atoms with E-state index in [4.69, 9.17) is 0 Å². The van der Waals surface area contributed by atoms with Gasteiger partial charge < -0.3 is 4.57 Å². The zero-order chi connectivity index (χ0) is 40.9. The van der Waals surface area contributed by atoms with Gasteiger partial charge in [0.05, 0.1) is 32.9 Å². The van der Waals surface area contributed by atoms with Gasteiger partial charge in [0, 0.05) is 56.0 Å². The second kappa shape index (κ2) is 9.88. The first-order valence-corrected chi connectivity index (χ1v) is 28.9. The summed E-state index contributed by atoms with van der Waals surface area (Å²) in [5, 5.41) is 5.65. The molecule has 1 unspecified atom stereocenters. The van der Waals surface area contributed by atoms with Crippen molar-refractivity contribution in [1.29, 1.82) is 0 Å². The number of benzene rings is 5. The number of rotatable bonds is 2. The quantitative estimate of drug-likeness (QED) is 0.128. The summed E-state index contributed by atoms with van der Waals surface area (Å²) in [6, 6.07) is 45.8. The Balaban J connectivity index is 1.32. The number of aromatic nitrogens is 3. The molecule has 0 saturated carbocycles. The summed E-state index contributed by atoms with van der Waals surface area (Å²) in [6.07, 6.45) is 0. The fourth-order valence-corrected chi connectivity index (χ4v) is 15.0. The van der Waals surface area contributed by atoms with Crippen molar-refractivity contribution in [3.8, 4) is 17.1 Å². The van der Waals surface area contributed by atoms with E-state index in [1.54, 1.807) is 0 Å². The van der Waals surface area contributed by atoms with E-state index in [0.717, 1.165) is 0 Å². The predicted octanol–water partition coefficient (Wildman–Crippen LogP) is 10.9. The van der Waals surface area contributed by atoms with Gasteiger partial charge in [-0.1, -0.05) is 128 Å². The highest BCUT2D eigenvalue weighted by Crippen LogP contribution is 2.67. The molecule has 6 aliphatic rings. The van der Waals surface area contributed by atoms with Crippen molar-refractivity contribution in [2.45, 2.75) is 83.5 Å². The van der Waals surface area contributed by atoms with Crippen molar-refractivity contribution in [2.75, 3.05) is 9.80 Å². The summed E-state index contributed by atoms with van der Waals surface area (Å²) in [5.41, 5.74) is 19.1. The second-order valence-electron chi connectivity index (χ2n) is 21.5. The van der Waals surface area contributed by atoms with E-state index >= 15 is 0 Å². The van der Waals surface area contributed by atoms with Crippen molar-refractivity contribution in [3.63, 3.8) is 0 Å². The average molecular weight is 812 g/mol. The van der Waals surface area contributed by atoms with Crippen LogP contribution in [0.15, 0.2) is 115 Å². The number of pyridine rings is 2. The van der Waals surface area contributed by atoms with Crippen LogP contribution in [0.1, 0.15) is 61.1 Å². The average Bonchev–Trinajstić information content (AvgIpc) is 3.71. The molecule has 7 heteroatoms. The van der Waals surface area contributed by atoms with E-state index in [0.29, 0.717) is 0 Å². The minimum absolute atomic E-state index is 0.224. The van der Waals surface area contributed by atoms with Crippen LogP contribution < -0.4 is 29.3 Å². The van der Waals surface area contributed by atoms with Gasteiger partial charge in [-0.3, -0.25) is 0 Å². The van der Waals surface area contributed by atoms with Crippen LogP contribution in [0.3, 0.4) is 0 Å². The van der Waals surface area contributed by atoms with E-state index < -0.39 is 21.8 Å². The fourth-order valence-electron chi connectivity index (χ4n) is 12.7. The lowest BCUT2D eigenvalue weighted by Crippen LogP contribution is -2.77. The van der Waals surface area contributed by atoms with Crippen molar-refractivity contribution in [1.82, 2.24) is 4.57 Å². The summed E-state index contributed by atoms with van der Waals surface area (Å²) in [4.78, 5) is 5.41. The van der Waals surface area contributed by atoms with Gasteiger partial charge in [-0.05, 0) is 52.8 Å². The molecule has 0 fully saturated rings. The lowest BCUT2D eigenvalue weighted by molar-refractivity contribution is -0.928. The number of anilines is 6. The summed E-state index contributed by atoms with van der Waals surface area (Å²) >= 11 is 0. The molecule has 1 spiro atoms. The Labute approximate surface area is 353 Å². The minimum atomic E-state index is -1.84. The van der Waals surface area contributed by atoms with Gasteiger partial charge in [-0.15, -0.1) is 0 Å². The van der Waals surface area contributed by atoms with E-state index in [1.807, 2.05) is 0 Å². The van der Waals surface area contributed by atoms with Crippen LogP contribution in [0.5, 0.6) is 0 Å². The largest absolute Gasteiger partial charge is 0.319 e. The number of para-hydroxylation sites is 3. The lowest BCUT2D eigenvalue weighted by Gasteiger charge is -2.49. The minimum Gasteiger partial charge on any atom is -0.308 e. The standard InChI is InChI=1S/C53H49N5Si2/c1-51(2)34-18-12-15-21-39(34)55-44-27-30(59(5,6)7)25-42-43-26-31(60(8,9)10)28-45-56-40-22-16-13-19-35(40)52(3,4)37-29-33-32-17-11-14-20-38(32)54-41-24-23-36(51)49(55)46(41)53(57(42)44,58(43)45)47(48(33)54)50(37)56/h11-29H,1-10H3/q+2. The van der Waals surface area contributed by atoms with Gasteiger partial charge in [0.2, 0.25) is 0 Å². The molecule has 60 heavy (non-hydrogen) atoms. The Hall–Kier alpha value is -5.77. The van der Waals surface area contributed by atoms with Crippen LogP contribution in [0, 0.1) is 0 Å². The Morgan fingerprint density at radius 2 is 0.983 bits per heavy atom. The first-order valence-electron chi connectivity index (χ1n) is 21.9. The van der Waals surface area contributed by atoms with Crippen LogP contribution in [0.4, 0.5) is 34.4 Å². The molecule has 0 N–H and O–H groups in total. The van der Waals surface area contributed by atoms with Crippen molar-refractivity contribution >= 4 is 82.7 Å². The molecule has 14 rings (SSSR count). The Morgan fingerprint density at radius 1 is 0.467 bits per heavy atom. The molecule has 9 heterocycles. The predicted molar refractivity (Wildman–Crippen MR) is 251 cm³/mol. The van der Waals surface area contributed by atoms with E-state index in [2.05, 4.69) is 206 Å². The van der Waals surface area contributed by atoms with Crippen LogP contribution in [0.25, 0.3) is 38.9 Å². The first kappa shape index (κ1) is 34.0. The molecule has 0 aliphatic carbocycles. The molecule has 5 aromatic carbocycles. The van der Waals surface area contributed by atoms with Gasteiger partial charge in [-0.2, -0.15) is 18.9 Å². The third-order valence-corrected chi connectivity index (χ3v) is 19.7. The van der Waals surface area contributed by atoms with Crippen LogP contribution in [0.2, 0.25) is 39.3 Å². The molecule has 3 aromatic heterocycles. The number of hydrogen-bond donors (Lipinski definition) is 0. The van der Waals surface area contributed by atoms with Gasteiger partial charge in [-0.25, -0.2) is 0 Å². The maximum atomic E-state index is 2.84. The Bertz CT molecular complexity index is 3360. The van der Waals surface area contributed by atoms with Crippen LogP contribution in [-0.4, -0.2) is 20.7 Å². The molecular formula is C53H49N5Si2+2. The molecule has 0 saturated heterocycles. The molecular weight excluding hydrogens is 763 g/mol. The molecule has 5 nitrogen and oxygen atoms in total. The first-order chi connectivity index (χ1) is 28.6. The topological polar surface area (TPSA) is 19.2 Å². The monoisotopic (exact) mass is 811 g/mol. The summed E-state index contributed by atoms with van der Waals surface area (Å²) < 4.78 is 8.35. The smallest absolute Gasteiger partial charge is 0.308 e. The zero-order valence-electron chi connectivity index (χ0n) is 36.2. The van der Waals surface area contributed by atoms with E-state index in [1.165, 1.54) is 117 Å². The number of fused-ring (bicyclic) bond motifs is 11. The summed E-state index contributed by atoms with van der Waals surface area (Å²) in [7, 11) is -3.69. The fraction of sp³-hybridized carbons (Fsp3) is 0.245. The van der Waals surface area contributed by atoms with Gasteiger partial charge >= 0.3 is 5.66 Å². The molecule has 292 valence electrons. The Kier molecular flexibility index (Phi) is 5.60. The summed E-state index contributed by atoms with van der Waals surface area (Å²) in [6.45, 7) is 25.0. The molecule has 1 atom stereocenters. The lowest BCUT2D eigenvalue weighted by atomic mass is 9.67. The van der Waals surface area contributed by atoms with Crippen molar-refractivity contribution in [3.05, 3.63) is 149 Å². The highest BCUT2D eigenvalue weighted by Gasteiger charge is 2.72. The number of nitrogens with zero attached hydrogens (tertiary/aromatic N) is 5. The van der Waals surface area contributed by atoms with Crippen molar-refractivity contribution in [2.24, 2.45) is 0 Å². The van der Waals surface area contributed by atoms with E-state index in [9.17, 15) is 0 Å². The maximum Gasteiger partial charge on any atom is 0.319 e. The highest BCUT2D eigenvalue weighted by molar-refractivity contribution is 6.89. The zero-order valence-corrected chi connectivity index (χ0v) is 38.2. The normalized spacial score (nSPS) is 19.4. The summed E-state index contributed by atoms with van der Waals surface area (Å²) in [5.74, 6) is 2.56. The van der Waals surface area contributed by atoms with Crippen LogP contribution in [-0.2, 0) is 16.5 Å². The molecule has 8 aromatic rings. The molecule has 0 amide bonds. The third kappa shape index (κ3) is 3.42. The van der Waals surface area contributed by atoms with Gasteiger partial charge in [0.15, 0.2) is 22.8 Å². The highest BCUT2D eigenvalue weighted by atomic mass is 28.3. The molecule has 0 radical (unpaired) electrons. The second-order valence-corrected chi connectivity index (χ2v) is 31.7. The maximum absolute atomic E-state index is 2.84. The molecule has 6 aliphatic heterocycles. The van der Waals surface area contributed by atoms with Crippen molar-refractivity contribution < 1.29 is 9.13 Å². The third-order valence-electron chi connectivity index (χ3n) is 15.6. The SMILES string of the molecule is CC1(C)c2ccccc2N2c3c1ccc1c3C34c5c6c(cc7c8ccccc8n-1c57)C(C)(C)c1ccccc1N6c1cc([Si](C)(C)C)cc([n+]13)-c1cc([Si](C)(C)C)cc2[n+]14. The van der Waals surface area contributed by atoms with Gasteiger partial charge in [0.1, 0.15) is 22.5 Å². The van der Waals surface area contributed by atoms with Gasteiger partial charge in [0.25, 0.3) is 11.6 Å². The van der Waals surface area contributed by atoms with E-state index in [-0.39, 0.29) is 10.8 Å².